The fraction of sp³-hybridized carbons (Fsp3) is 0.533. The van der Waals surface area contributed by atoms with Crippen molar-refractivity contribution in [1.82, 2.24) is 0 Å². The molecule has 1 aliphatic carbocycles. The first-order valence-corrected chi connectivity index (χ1v) is 6.44. The molecule has 2 nitrogen and oxygen atoms in total. The van der Waals surface area contributed by atoms with Crippen LogP contribution in [0.3, 0.4) is 0 Å². The Morgan fingerprint density at radius 3 is 2.41 bits per heavy atom. The van der Waals surface area contributed by atoms with E-state index in [4.69, 9.17) is 4.74 Å². The second kappa shape index (κ2) is 5.35. The molecule has 0 saturated heterocycles. The predicted molar refractivity (Wildman–Crippen MR) is 68.5 cm³/mol. The van der Waals surface area contributed by atoms with Crippen molar-refractivity contribution >= 4 is 5.78 Å². The van der Waals surface area contributed by atoms with Crippen LogP contribution in [0.5, 0.6) is 5.75 Å². The number of carbonyl (C=O) groups is 1. The van der Waals surface area contributed by atoms with Crippen molar-refractivity contribution in [2.24, 2.45) is 5.92 Å². The molecule has 0 bridgehead atoms. The Morgan fingerprint density at radius 1 is 1.18 bits per heavy atom. The zero-order valence-electron chi connectivity index (χ0n) is 10.6. The second-order valence-corrected chi connectivity index (χ2v) is 5.00. The molecule has 2 heteroatoms. The van der Waals surface area contributed by atoms with Crippen LogP contribution in [0.25, 0.3) is 0 Å². The second-order valence-electron chi connectivity index (χ2n) is 5.00. The van der Waals surface area contributed by atoms with Gasteiger partial charge in [-0.2, -0.15) is 0 Å². The van der Waals surface area contributed by atoms with Gasteiger partial charge in [-0.15, -0.1) is 0 Å². The third kappa shape index (κ3) is 3.09. The third-order valence-corrected chi connectivity index (χ3v) is 3.58. The van der Waals surface area contributed by atoms with Crippen LogP contribution in [-0.4, -0.2) is 11.9 Å². The van der Waals surface area contributed by atoms with Gasteiger partial charge >= 0.3 is 0 Å². The number of carbonyl (C=O) groups excluding carboxylic acids is 1. The predicted octanol–water partition coefficient (Wildman–Crippen LogP) is 3.85. The lowest BCUT2D eigenvalue weighted by atomic mass is 9.88. The molecule has 0 heterocycles. The Balaban J connectivity index is 2.00. The molecule has 1 fully saturated rings. The van der Waals surface area contributed by atoms with Crippen molar-refractivity contribution in [3.8, 4) is 5.75 Å². The molecule has 1 aromatic carbocycles. The Morgan fingerprint density at radius 2 is 1.82 bits per heavy atom. The molecule has 0 radical (unpaired) electrons. The summed E-state index contributed by atoms with van der Waals surface area (Å²) in [6.45, 7) is 3.84. The van der Waals surface area contributed by atoms with Crippen molar-refractivity contribution in [2.75, 3.05) is 0 Å². The van der Waals surface area contributed by atoms with E-state index < -0.39 is 0 Å². The molecule has 2 atom stereocenters. The molecule has 0 spiro atoms. The van der Waals surface area contributed by atoms with E-state index in [1.807, 2.05) is 24.3 Å². The summed E-state index contributed by atoms with van der Waals surface area (Å²) in [6, 6.07) is 7.48. The minimum atomic E-state index is 0.0996. The van der Waals surface area contributed by atoms with Gasteiger partial charge in [-0.25, -0.2) is 0 Å². The van der Waals surface area contributed by atoms with E-state index in [9.17, 15) is 4.79 Å². The Labute approximate surface area is 103 Å². The lowest BCUT2D eigenvalue weighted by Gasteiger charge is -2.29. The number of rotatable bonds is 3. The highest BCUT2D eigenvalue weighted by Crippen LogP contribution is 2.28. The molecule has 0 amide bonds. The average Bonchev–Trinajstić information content (AvgIpc) is 2.33. The average molecular weight is 232 g/mol. The van der Waals surface area contributed by atoms with Gasteiger partial charge in [0, 0.05) is 5.56 Å². The quantitative estimate of drug-likeness (QED) is 0.740. The number of benzene rings is 1. The van der Waals surface area contributed by atoms with E-state index in [1.165, 1.54) is 19.3 Å². The zero-order valence-corrected chi connectivity index (χ0v) is 10.6. The van der Waals surface area contributed by atoms with E-state index in [0.717, 1.165) is 17.7 Å². The Kier molecular flexibility index (Phi) is 3.82. The van der Waals surface area contributed by atoms with Crippen LogP contribution < -0.4 is 4.74 Å². The summed E-state index contributed by atoms with van der Waals surface area (Å²) in [5.41, 5.74) is 0.744. The third-order valence-electron chi connectivity index (χ3n) is 3.58. The largest absolute Gasteiger partial charge is 0.490 e. The van der Waals surface area contributed by atoms with Crippen LogP contribution in [0, 0.1) is 5.92 Å². The van der Waals surface area contributed by atoms with E-state index in [-0.39, 0.29) is 5.78 Å². The Bertz CT molecular complexity index is 380. The molecule has 1 aromatic rings. The fourth-order valence-corrected chi connectivity index (χ4v) is 2.40. The van der Waals surface area contributed by atoms with Crippen LogP contribution in [0.2, 0.25) is 0 Å². The van der Waals surface area contributed by atoms with Crippen molar-refractivity contribution in [2.45, 2.75) is 45.6 Å². The van der Waals surface area contributed by atoms with Gasteiger partial charge in [0.2, 0.25) is 0 Å². The number of hydrogen-bond acceptors (Lipinski definition) is 2. The SMILES string of the molecule is CC(=O)c1ccc(OC2CCCCC2C)cc1. The highest BCUT2D eigenvalue weighted by Gasteiger charge is 2.22. The lowest BCUT2D eigenvalue weighted by molar-refractivity contribution is 0.101. The highest BCUT2D eigenvalue weighted by atomic mass is 16.5. The van der Waals surface area contributed by atoms with Gasteiger partial charge in [0.05, 0.1) is 0 Å². The minimum absolute atomic E-state index is 0.0996. The normalized spacial score (nSPS) is 24.4. The van der Waals surface area contributed by atoms with Gasteiger partial charge in [0.1, 0.15) is 11.9 Å². The van der Waals surface area contributed by atoms with E-state index in [2.05, 4.69) is 6.92 Å². The number of hydrogen-bond donors (Lipinski definition) is 0. The summed E-state index contributed by atoms with van der Waals surface area (Å²) < 4.78 is 5.99. The van der Waals surface area contributed by atoms with Gasteiger partial charge in [-0.05, 0) is 56.4 Å². The maximum Gasteiger partial charge on any atom is 0.159 e. The molecule has 2 unspecified atom stereocenters. The fourth-order valence-electron chi connectivity index (χ4n) is 2.40. The summed E-state index contributed by atoms with van der Waals surface area (Å²) in [4.78, 5) is 11.2. The molecule has 17 heavy (non-hydrogen) atoms. The number of ketones is 1. The molecule has 1 saturated carbocycles. The molecule has 2 rings (SSSR count). The van der Waals surface area contributed by atoms with Crippen molar-refractivity contribution in [1.29, 1.82) is 0 Å². The van der Waals surface area contributed by atoms with Gasteiger partial charge in [0.25, 0.3) is 0 Å². The summed E-state index contributed by atoms with van der Waals surface area (Å²) in [6.07, 6.45) is 5.34. The van der Waals surface area contributed by atoms with Crippen LogP contribution in [-0.2, 0) is 0 Å². The van der Waals surface area contributed by atoms with Gasteiger partial charge in [-0.1, -0.05) is 13.3 Å². The smallest absolute Gasteiger partial charge is 0.159 e. The maximum absolute atomic E-state index is 11.2. The minimum Gasteiger partial charge on any atom is -0.490 e. The van der Waals surface area contributed by atoms with E-state index in [1.54, 1.807) is 6.92 Å². The maximum atomic E-state index is 11.2. The summed E-state index contributed by atoms with van der Waals surface area (Å²) in [5, 5.41) is 0. The molecule has 0 aliphatic heterocycles. The van der Waals surface area contributed by atoms with Crippen LogP contribution >= 0.6 is 0 Å². The molecule has 0 N–H and O–H groups in total. The van der Waals surface area contributed by atoms with Gasteiger partial charge in [-0.3, -0.25) is 4.79 Å². The summed E-state index contributed by atoms with van der Waals surface area (Å²) >= 11 is 0. The van der Waals surface area contributed by atoms with Crippen molar-refractivity contribution < 1.29 is 9.53 Å². The molecule has 92 valence electrons. The molecule has 0 aromatic heterocycles. The van der Waals surface area contributed by atoms with Crippen molar-refractivity contribution in [3.63, 3.8) is 0 Å². The zero-order chi connectivity index (χ0) is 12.3. The van der Waals surface area contributed by atoms with Crippen LogP contribution in [0.4, 0.5) is 0 Å². The van der Waals surface area contributed by atoms with Crippen LogP contribution in [0.15, 0.2) is 24.3 Å². The topological polar surface area (TPSA) is 26.3 Å². The Hall–Kier alpha value is -1.31. The highest BCUT2D eigenvalue weighted by molar-refractivity contribution is 5.94. The summed E-state index contributed by atoms with van der Waals surface area (Å²) in [5.74, 6) is 1.62. The van der Waals surface area contributed by atoms with Gasteiger partial charge < -0.3 is 4.74 Å². The molecular formula is C15H20O2. The van der Waals surface area contributed by atoms with E-state index >= 15 is 0 Å². The first-order valence-electron chi connectivity index (χ1n) is 6.44. The van der Waals surface area contributed by atoms with Crippen molar-refractivity contribution in [3.05, 3.63) is 29.8 Å². The first-order chi connectivity index (χ1) is 8.16. The van der Waals surface area contributed by atoms with Gasteiger partial charge in [0.15, 0.2) is 5.78 Å². The number of Topliss-reactive ketones (excluding diaryl/α,β-unsaturated/α-hetero) is 1. The monoisotopic (exact) mass is 232 g/mol. The van der Waals surface area contributed by atoms with E-state index in [0.29, 0.717) is 12.0 Å². The summed E-state index contributed by atoms with van der Waals surface area (Å²) in [7, 11) is 0. The first kappa shape index (κ1) is 12.2. The van der Waals surface area contributed by atoms with Crippen LogP contribution in [0.1, 0.15) is 49.9 Å². The molecular weight excluding hydrogens is 212 g/mol. The molecule has 1 aliphatic rings. The lowest BCUT2D eigenvalue weighted by Crippen LogP contribution is -2.28. The number of ether oxygens (including phenoxy) is 1. The standard InChI is InChI=1S/C15H20O2/c1-11-5-3-4-6-15(11)17-14-9-7-13(8-10-14)12(2)16/h7-11,15H,3-6H2,1-2H3.